The molecule has 1 N–H and O–H groups in total. The Morgan fingerprint density at radius 1 is 1.21 bits per heavy atom. The van der Waals surface area contributed by atoms with E-state index < -0.39 is 0 Å². The zero-order valence-electron chi connectivity index (χ0n) is 15.3. The Hall–Kier alpha value is -2.84. The van der Waals surface area contributed by atoms with Crippen molar-refractivity contribution in [2.24, 2.45) is 7.05 Å². The Balaban J connectivity index is 1.92. The minimum absolute atomic E-state index is 0.162. The van der Waals surface area contributed by atoms with Crippen LogP contribution in [0.4, 0.5) is 0 Å². The molecule has 1 aliphatic rings. The largest absolute Gasteiger partial charge is 0.378 e. The van der Waals surface area contributed by atoms with Gasteiger partial charge in [-0.05, 0) is 12.1 Å². The second kappa shape index (κ2) is 7.29. The van der Waals surface area contributed by atoms with Gasteiger partial charge < -0.3 is 9.64 Å². The molecule has 146 valence electrons. The van der Waals surface area contributed by atoms with E-state index in [1.165, 1.54) is 15.3 Å². The normalized spacial score (nSPS) is 14.6. The van der Waals surface area contributed by atoms with Crippen molar-refractivity contribution < 1.29 is 9.53 Å². The molecule has 0 saturated carbocycles. The number of aromatic amines is 1. The van der Waals surface area contributed by atoms with Crippen LogP contribution in [0.25, 0.3) is 22.2 Å². The number of nitrogens with zero attached hydrogens (tertiary/aromatic N) is 3. The van der Waals surface area contributed by atoms with Crippen molar-refractivity contribution in [2.45, 2.75) is 6.54 Å². The molecule has 1 fully saturated rings. The number of aromatic nitrogens is 3. The summed E-state index contributed by atoms with van der Waals surface area (Å²) < 4.78 is 7.94. The van der Waals surface area contributed by atoms with Crippen LogP contribution in [0.3, 0.4) is 0 Å². The Labute approximate surface area is 164 Å². The van der Waals surface area contributed by atoms with E-state index in [4.69, 9.17) is 16.3 Å². The van der Waals surface area contributed by atoms with E-state index in [-0.39, 0.29) is 23.6 Å². The number of fused-ring (bicyclic) bond motifs is 1. The zero-order valence-corrected chi connectivity index (χ0v) is 16.0. The Morgan fingerprint density at radius 2 is 1.96 bits per heavy atom. The molecule has 0 bridgehead atoms. The Bertz CT molecular complexity index is 1170. The first-order chi connectivity index (χ1) is 13.5. The third kappa shape index (κ3) is 3.25. The second-order valence-electron chi connectivity index (χ2n) is 6.69. The van der Waals surface area contributed by atoms with Crippen LogP contribution in [0, 0.1) is 0 Å². The van der Waals surface area contributed by atoms with Crippen molar-refractivity contribution in [3.8, 4) is 11.3 Å². The standard InChI is InChI=1S/C19H19ClN4O4/c1-22-19(27)17-14(21-22)10-15(25)24(11-16(26)23-5-7-28-8-6-23)18(17)12-3-2-4-13(20)9-12/h2-4,9-10,21H,5-8,11H2,1H3. The number of ether oxygens (including phenoxy) is 1. The summed E-state index contributed by atoms with van der Waals surface area (Å²) in [5.41, 5.74) is 0.751. The maximum absolute atomic E-state index is 12.9. The molecular formula is C19H19ClN4O4. The molecule has 3 aromatic rings. The van der Waals surface area contributed by atoms with Crippen LogP contribution in [-0.2, 0) is 23.1 Å². The number of carbonyl (C=O) groups is 1. The van der Waals surface area contributed by atoms with Crippen LogP contribution in [0.2, 0.25) is 5.02 Å². The van der Waals surface area contributed by atoms with Gasteiger partial charge >= 0.3 is 0 Å². The summed E-state index contributed by atoms with van der Waals surface area (Å²) in [5.74, 6) is -0.194. The van der Waals surface area contributed by atoms with Gasteiger partial charge in [-0.2, -0.15) is 0 Å². The summed E-state index contributed by atoms with van der Waals surface area (Å²) in [4.78, 5) is 40.0. The summed E-state index contributed by atoms with van der Waals surface area (Å²) >= 11 is 6.14. The summed E-state index contributed by atoms with van der Waals surface area (Å²) in [6.45, 7) is 1.74. The molecule has 2 aromatic heterocycles. The molecule has 4 rings (SSSR count). The van der Waals surface area contributed by atoms with Crippen LogP contribution in [0.1, 0.15) is 0 Å². The number of hydrogen-bond acceptors (Lipinski definition) is 4. The SMILES string of the molecule is Cn1[nH]c2cc(=O)n(CC(=O)N3CCOCC3)c(-c3cccc(Cl)c3)c2c1=O. The molecule has 1 amide bonds. The van der Waals surface area contributed by atoms with E-state index in [0.717, 1.165) is 0 Å². The molecule has 0 atom stereocenters. The quantitative estimate of drug-likeness (QED) is 0.713. The Kier molecular flexibility index (Phi) is 4.82. The fourth-order valence-electron chi connectivity index (χ4n) is 3.49. The average Bonchev–Trinajstić information content (AvgIpc) is 2.96. The first-order valence-corrected chi connectivity index (χ1v) is 9.27. The number of rotatable bonds is 3. The number of benzene rings is 1. The van der Waals surface area contributed by atoms with E-state index in [9.17, 15) is 14.4 Å². The molecule has 0 radical (unpaired) electrons. The molecule has 3 heterocycles. The van der Waals surface area contributed by atoms with Crippen molar-refractivity contribution in [3.63, 3.8) is 0 Å². The van der Waals surface area contributed by atoms with Gasteiger partial charge in [0.2, 0.25) is 5.91 Å². The first kappa shape index (κ1) is 18.5. The minimum atomic E-state index is -0.370. The van der Waals surface area contributed by atoms with Gasteiger partial charge in [-0.15, -0.1) is 0 Å². The maximum atomic E-state index is 12.9. The van der Waals surface area contributed by atoms with E-state index in [1.54, 1.807) is 36.2 Å². The first-order valence-electron chi connectivity index (χ1n) is 8.89. The zero-order chi connectivity index (χ0) is 19.8. The van der Waals surface area contributed by atoms with Gasteiger partial charge in [-0.25, -0.2) is 0 Å². The number of pyridine rings is 1. The predicted octanol–water partition coefficient (Wildman–Crippen LogP) is 1.21. The summed E-state index contributed by atoms with van der Waals surface area (Å²) in [6, 6.07) is 8.24. The molecule has 1 aliphatic heterocycles. The minimum Gasteiger partial charge on any atom is -0.378 e. The Morgan fingerprint density at radius 3 is 2.68 bits per heavy atom. The molecule has 9 heteroatoms. The average molecular weight is 403 g/mol. The van der Waals surface area contributed by atoms with Gasteiger partial charge in [0.05, 0.1) is 29.8 Å². The number of hydrogen-bond donors (Lipinski definition) is 1. The van der Waals surface area contributed by atoms with Gasteiger partial charge in [0, 0.05) is 36.8 Å². The number of halogens is 1. The highest BCUT2D eigenvalue weighted by molar-refractivity contribution is 6.30. The lowest BCUT2D eigenvalue weighted by Gasteiger charge is -2.27. The fraction of sp³-hybridized carbons (Fsp3) is 0.316. The molecular weight excluding hydrogens is 384 g/mol. The van der Waals surface area contributed by atoms with Crippen LogP contribution in [0.15, 0.2) is 39.9 Å². The van der Waals surface area contributed by atoms with Crippen LogP contribution < -0.4 is 11.1 Å². The fourth-order valence-corrected chi connectivity index (χ4v) is 3.68. The number of carbonyl (C=O) groups excluding carboxylic acids is 1. The lowest BCUT2D eigenvalue weighted by molar-refractivity contribution is -0.135. The predicted molar refractivity (Wildman–Crippen MR) is 106 cm³/mol. The topological polar surface area (TPSA) is 89.3 Å². The number of H-pyrrole nitrogens is 1. The summed E-state index contributed by atoms with van der Waals surface area (Å²) in [7, 11) is 1.58. The lowest BCUT2D eigenvalue weighted by Crippen LogP contribution is -2.43. The van der Waals surface area contributed by atoms with E-state index in [0.29, 0.717) is 53.5 Å². The molecule has 0 spiro atoms. The van der Waals surface area contributed by atoms with Crippen molar-refractivity contribution in [1.29, 1.82) is 0 Å². The van der Waals surface area contributed by atoms with Crippen LogP contribution in [-0.4, -0.2) is 51.5 Å². The number of nitrogens with one attached hydrogen (secondary N) is 1. The number of amides is 1. The van der Waals surface area contributed by atoms with Crippen molar-refractivity contribution in [3.05, 3.63) is 56.1 Å². The van der Waals surface area contributed by atoms with Crippen molar-refractivity contribution in [2.75, 3.05) is 26.3 Å². The monoisotopic (exact) mass is 402 g/mol. The third-order valence-electron chi connectivity index (χ3n) is 4.87. The highest BCUT2D eigenvalue weighted by Crippen LogP contribution is 2.27. The van der Waals surface area contributed by atoms with Crippen LogP contribution in [0.5, 0.6) is 0 Å². The van der Waals surface area contributed by atoms with Crippen molar-refractivity contribution >= 4 is 28.4 Å². The van der Waals surface area contributed by atoms with Gasteiger partial charge in [0.1, 0.15) is 6.54 Å². The highest BCUT2D eigenvalue weighted by atomic mass is 35.5. The van der Waals surface area contributed by atoms with Crippen LogP contribution >= 0.6 is 11.6 Å². The van der Waals surface area contributed by atoms with E-state index in [1.807, 2.05) is 0 Å². The molecule has 0 aliphatic carbocycles. The van der Waals surface area contributed by atoms with E-state index >= 15 is 0 Å². The highest BCUT2D eigenvalue weighted by Gasteiger charge is 2.22. The summed E-state index contributed by atoms with van der Waals surface area (Å²) in [5, 5.41) is 3.70. The molecule has 1 saturated heterocycles. The van der Waals surface area contributed by atoms with Gasteiger partial charge in [-0.1, -0.05) is 23.7 Å². The van der Waals surface area contributed by atoms with Gasteiger partial charge in [-0.3, -0.25) is 28.7 Å². The third-order valence-corrected chi connectivity index (χ3v) is 5.11. The van der Waals surface area contributed by atoms with Gasteiger partial charge in [0.15, 0.2) is 0 Å². The van der Waals surface area contributed by atoms with Gasteiger partial charge in [0.25, 0.3) is 11.1 Å². The molecule has 28 heavy (non-hydrogen) atoms. The number of aryl methyl sites for hydroxylation is 1. The molecule has 8 nitrogen and oxygen atoms in total. The second-order valence-corrected chi connectivity index (χ2v) is 7.12. The lowest BCUT2D eigenvalue weighted by atomic mass is 10.1. The maximum Gasteiger partial charge on any atom is 0.276 e. The molecule has 1 aromatic carbocycles. The van der Waals surface area contributed by atoms with E-state index in [2.05, 4.69) is 5.10 Å². The summed E-state index contributed by atoms with van der Waals surface area (Å²) in [6.07, 6.45) is 0. The number of morpholine rings is 1. The smallest absolute Gasteiger partial charge is 0.276 e. The van der Waals surface area contributed by atoms with Crippen molar-refractivity contribution in [1.82, 2.24) is 19.2 Å². The molecule has 0 unspecified atom stereocenters.